The molecule has 0 saturated carbocycles. The van der Waals surface area contributed by atoms with E-state index in [1.54, 1.807) is 0 Å². The SMILES string of the molecule is CNCC1(CN(C)Cc2cccs2)CCOCC1. The lowest BCUT2D eigenvalue weighted by molar-refractivity contribution is -0.000616. The number of rotatable bonds is 6. The maximum atomic E-state index is 5.51. The summed E-state index contributed by atoms with van der Waals surface area (Å²) in [7, 11) is 4.28. The second-order valence-corrected chi connectivity index (χ2v) is 6.43. The third-order valence-corrected chi connectivity index (χ3v) is 4.58. The Kier molecular flexibility index (Phi) is 5.18. The predicted octanol–water partition coefficient (Wildman–Crippen LogP) is 2.20. The highest BCUT2D eigenvalue weighted by Gasteiger charge is 2.33. The first kappa shape index (κ1) is 14.0. The zero-order chi connectivity index (χ0) is 12.8. The fourth-order valence-corrected chi connectivity index (χ4v) is 3.65. The second-order valence-electron chi connectivity index (χ2n) is 5.39. The number of nitrogens with zero attached hydrogens (tertiary/aromatic N) is 1. The largest absolute Gasteiger partial charge is 0.381 e. The van der Waals surface area contributed by atoms with Crippen LogP contribution in [0.5, 0.6) is 0 Å². The van der Waals surface area contributed by atoms with Gasteiger partial charge >= 0.3 is 0 Å². The quantitative estimate of drug-likeness (QED) is 0.856. The third-order valence-electron chi connectivity index (χ3n) is 3.72. The van der Waals surface area contributed by atoms with Crippen LogP contribution in [0.1, 0.15) is 17.7 Å². The molecule has 4 heteroatoms. The zero-order valence-electron chi connectivity index (χ0n) is 11.4. The summed E-state index contributed by atoms with van der Waals surface area (Å²) in [5.41, 5.74) is 0.388. The van der Waals surface area contributed by atoms with Gasteiger partial charge in [0.1, 0.15) is 0 Å². The van der Waals surface area contributed by atoms with Crippen molar-refractivity contribution in [3.05, 3.63) is 22.4 Å². The van der Waals surface area contributed by atoms with Gasteiger partial charge in [-0.2, -0.15) is 0 Å². The predicted molar refractivity (Wildman–Crippen MR) is 77.1 cm³/mol. The molecule has 1 aliphatic heterocycles. The van der Waals surface area contributed by atoms with Crippen LogP contribution in [0.2, 0.25) is 0 Å². The fourth-order valence-electron chi connectivity index (χ4n) is 2.87. The van der Waals surface area contributed by atoms with Crippen molar-refractivity contribution in [1.29, 1.82) is 0 Å². The van der Waals surface area contributed by atoms with Crippen LogP contribution in [0.15, 0.2) is 17.5 Å². The summed E-state index contributed by atoms with van der Waals surface area (Å²) in [4.78, 5) is 3.90. The van der Waals surface area contributed by atoms with E-state index in [4.69, 9.17) is 4.74 Å². The Bertz CT molecular complexity index is 328. The summed E-state index contributed by atoms with van der Waals surface area (Å²) in [5.74, 6) is 0. The van der Waals surface area contributed by atoms with E-state index in [1.807, 2.05) is 11.3 Å². The smallest absolute Gasteiger partial charge is 0.0472 e. The molecule has 18 heavy (non-hydrogen) atoms. The maximum Gasteiger partial charge on any atom is 0.0472 e. The first-order valence-electron chi connectivity index (χ1n) is 6.67. The minimum Gasteiger partial charge on any atom is -0.381 e. The zero-order valence-corrected chi connectivity index (χ0v) is 12.3. The van der Waals surface area contributed by atoms with Crippen LogP contribution in [-0.4, -0.2) is 45.3 Å². The van der Waals surface area contributed by atoms with Gasteiger partial charge in [0.25, 0.3) is 0 Å². The third kappa shape index (κ3) is 3.79. The van der Waals surface area contributed by atoms with Crippen LogP contribution in [0.25, 0.3) is 0 Å². The lowest BCUT2D eigenvalue weighted by Gasteiger charge is -2.40. The van der Waals surface area contributed by atoms with Crippen molar-refractivity contribution in [3.63, 3.8) is 0 Å². The average Bonchev–Trinajstić information content (AvgIpc) is 2.83. The van der Waals surface area contributed by atoms with Crippen molar-refractivity contribution >= 4 is 11.3 Å². The van der Waals surface area contributed by atoms with Gasteiger partial charge in [0.15, 0.2) is 0 Å². The van der Waals surface area contributed by atoms with E-state index in [0.717, 1.165) is 32.8 Å². The lowest BCUT2D eigenvalue weighted by atomic mass is 9.79. The topological polar surface area (TPSA) is 24.5 Å². The average molecular weight is 268 g/mol. The molecule has 0 amide bonds. The molecular weight excluding hydrogens is 244 g/mol. The van der Waals surface area contributed by atoms with E-state index < -0.39 is 0 Å². The number of hydrogen-bond donors (Lipinski definition) is 1. The summed E-state index contributed by atoms with van der Waals surface area (Å²) in [6, 6.07) is 4.35. The molecule has 1 aromatic heterocycles. The van der Waals surface area contributed by atoms with E-state index in [1.165, 1.54) is 17.7 Å². The first-order valence-corrected chi connectivity index (χ1v) is 7.55. The van der Waals surface area contributed by atoms with E-state index in [2.05, 4.69) is 41.8 Å². The van der Waals surface area contributed by atoms with Crippen LogP contribution in [-0.2, 0) is 11.3 Å². The Morgan fingerprint density at radius 1 is 1.44 bits per heavy atom. The van der Waals surface area contributed by atoms with Crippen molar-refractivity contribution in [1.82, 2.24) is 10.2 Å². The molecule has 0 spiro atoms. The van der Waals surface area contributed by atoms with Gasteiger partial charge in [0.05, 0.1) is 0 Å². The van der Waals surface area contributed by atoms with Gasteiger partial charge in [0, 0.05) is 37.7 Å². The molecule has 1 N–H and O–H groups in total. The van der Waals surface area contributed by atoms with Gasteiger partial charge < -0.3 is 15.0 Å². The monoisotopic (exact) mass is 268 g/mol. The van der Waals surface area contributed by atoms with E-state index in [9.17, 15) is 0 Å². The van der Waals surface area contributed by atoms with E-state index in [0.29, 0.717) is 5.41 Å². The van der Waals surface area contributed by atoms with E-state index in [-0.39, 0.29) is 0 Å². The highest BCUT2D eigenvalue weighted by atomic mass is 32.1. The molecule has 1 saturated heterocycles. The first-order chi connectivity index (χ1) is 8.74. The van der Waals surface area contributed by atoms with Gasteiger partial charge in [0.2, 0.25) is 0 Å². The molecule has 0 aliphatic carbocycles. The van der Waals surface area contributed by atoms with Crippen LogP contribution < -0.4 is 5.32 Å². The molecule has 0 atom stereocenters. The Morgan fingerprint density at radius 2 is 2.22 bits per heavy atom. The second kappa shape index (κ2) is 6.66. The Morgan fingerprint density at radius 3 is 2.83 bits per heavy atom. The number of thiophene rings is 1. The molecule has 0 radical (unpaired) electrons. The highest BCUT2D eigenvalue weighted by molar-refractivity contribution is 7.09. The molecule has 2 heterocycles. The molecule has 102 valence electrons. The highest BCUT2D eigenvalue weighted by Crippen LogP contribution is 2.31. The fraction of sp³-hybridized carbons (Fsp3) is 0.714. The number of hydrogen-bond acceptors (Lipinski definition) is 4. The standard InChI is InChI=1S/C14H24N2OS/c1-15-11-14(5-7-17-8-6-14)12-16(2)10-13-4-3-9-18-13/h3-4,9,15H,5-8,10-12H2,1-2H3. The Hall–Kier alpha value is -0.420. The molecule has 0 unspecified atom stereocenters. The molecule has 1 aromatic rings. The van der Waals surface area contributed by atoms with Gasteiger partial charge in [-0.05, 0) is 43.8 Å². The molecule has 3 nitrogen and oxygen atoms in total. The summed E-state index contributed by atoms with van der Waals surface area (Å²) in [6.07, 6.45) is 2.34. The number of nitrogens with one attached hydrogen (secondary N) is 1. The van der Waals surface area contributed by atoms with Gasteiger partial charge in [-0.3, -0.25) is 0 Å². The number of ether oxygens (including phenoxy) is 1. The Labute approximate surface area is 114 Å². The Balaban J connectivity index is 1.91. The van der Waals surface area contributed by atoms with Crippen LogP contribution in [0, 0.1) is 5.41 Å². The maximum absolute atomic E-state index is 5.51. The minimum absolute atomic E-state index is 0.388. The summed E-state index contributed by atoms with van der Waals surface area (Å²) in [6.45, 7) is 5.12. The van der Waals surface area contributed by atoms with Crippen molar-refractivity contribution < 1.29 is 4.74 Å². The van der Waals surface area contributed by atoms with Crippen LogP contribution in [0.3, 0.4) is 0 Å². The molecule has 1 aliphatic rings. The minimum atomic E-state index is 0.388. The molecule has 0 bridgehead atoms. The van der Waals surface area contributed by atoms with Crippen molar-refractivity contribution in [2.24, 2.45) is 5.41 Å². The van der Waals surface area contributed by atoms with E-state index >= 15 is 0 Å². The normalized spacial score (nSPS) is 19.3. The van der Waals surface area contributed by atoms with Crippen molar-refractivity contribution in [2.45, 2.75) is 19.4 Å². The summed E-state index contributed by atoms with van der Waals surface area (Å²) < 4.78 is 5.51. The van der Waals surface area contributed by atoms with Gasteiger partial charge in [-0.1, -0.05) is 6.07 Å². The van der Waals surface area contributed by atoms with Gasteiger partial charge in [-0.15, -0.1) is 11.3 Å². The van der Waals surface area contributed by atoms with Crippen LogP contribution in [0.4, 0.5) is 0 Å². The molecule has 0 aromatic carbocycles. The lowest BCUT2D eigenvalue weighted by Crippen LogP contribution is -2.45. The van der Waals surface area contributed by atoms with Crippen molar-refractivity contribution in [2.75, 3.05) is 40.4 Å². The molecule has 2 rings (SSSR count). The van der Waals surface area contributed by atoms with Gasteiger partial charge in [-0.25, -0.2) is 0 Å². The summed E-state index contributed by atoms with van der Waals surface area (Å²) in [5, 5.41) is 5.52. The molecular formula is C14H24N2OS. The van der Waals surface area contributed by atoms with Crippen molar-refractivity contribution in [3.8, 4) is 0 Å². The molecule has 1 fully saturated rings. The summed E-state index contributed by atoms with van der Waals surface area (Å²) >= 11 is 1.84. The van der Waals surface area contributed by atoms with Crippen LogP contribution >= 0.6 is 11.3 Å².